The Morgan fingerprint density at radius 1 is 1.43 bits per heavy atom. The Morgan fingerprint density at radius 2 is 2.21 bits per heavy atom. The van der Waals surface area contributed by atoms with Gasteiger partial charge < -0.3 is 4.74 Å². The summed E-state index contributed by atoms with van der Waals surface area (Å²) in [4.78, 5) is 4.09. The fourth-order valence-electron chi connectivity index (χ4n) is 1.30. The number of methoxy groups -OCH3 is 1. The molecule has 1 heterocycles. The molecule has 0 saturated carbocycles. The molecule has 0 aliphatic carbocycles. The summed E-state index contributed by atoms with van der Waals surface area (Å²) in [6, 6.07) is 7.70. The second kappa shape index (κ2) is 3.75. The molecule has 1 aromatic heterocycles. The molecule has 0 radical (unpaired) electrons. The van der Waals surface area contributed by atoms with E-state index in [0.717, 1.165) is 15.2 Å². The van der Waals surface area contributed by atoms with Crippen molar-refractivity contribution in [3.8, 4) is 5.88 Å². The summed E-state index contributed by atoms with van der Waals surface area (Å²) < 4.78 is 5.97. The summed E-state index contributed by atoms with van der Waals surface area (Å²) in [6.45, 7) is 0. The van der Waals surface area contributed by atoms with Crippen molar-refractivity contribution >= 4 is 38.3 Å². The number of nitrogens with zero attached hydrogens (tertiary/aromatic N) is 1. The molecule has 0 aliphatic rings. The van der Waals surface area contributed by atoms with E-state index in [1.165, 1.54) is 0 Å². The van der Waals surface area contributed by atoms with E-state index in [-0.39, 0.29) is 0 Å². The lowest BCUT2D eigenvalue weighted by Gasteiger charge is -2.05. The van der Waals surface area contributed by atoms with Crippen LogP contribution in [-0.4, -0.2) is 12.1 Å². The normalized spacial score (nSPS) is 10.5. The van der Waals surface area contributed by atoms with Crippen molar-refractivity contribution in [3.05, 3.63) is 33.9 Å². The van der Waals surface area contributed by atoms with Crippen molar-refractivity contribution in [3.63, 3.8) is 0 Å². The van der Waals surface area contributed by atoms with E-state index in [0.29, 0.717) is 11.0 Å². The lowest BCUT2D eigenvalue weighted by atomic mass is 10.2. The van der Waals surface area contributed by atoms with Crippen molar-refractivity contribution in [2.45, 2.75) is 0 Å². The molecule has 4 heteroatoms. The number of aromatic nitrogens is 1. The number of fused-ring (bicyclic) bond motifs is 1. The topological polar surface area (TPSA) is 22.1 Å². The number of halogens is 2. The van der Waals surface area contributed by atoms with Crippen LogP contribution in [0.1, 0.15) is 0 Å². The highest BCUT2D eigenvalue weighted by Gasteiger charge is 2.06. The minimum Gasteiger partial charge on any atom is -0.481 e. The third kappa shape index (κ3) is 1.57. The van der Waals surface area contributed by atoms with Gasteiger partial charge >= 0.3 is 0 Å². The zero-order valence-corrected chi connectivity index (χ0v) is 9.76. The highest BCUT2D eigenvalue weighted by Crippen LogP contribution is 2.31. The molecular weight excluding hydrogens is 265 g/mol. The molecule has 72 valence electrons. The minimum absolute atomic E-state index is 0.451. The average Bonchev–Trinajstić information content (AvgIpc) is 2.17. The number of hydrogen-bond donors (Lipinski definition) is 0. The van der Waals surface area contributed by atoms with E-state index < -0.39 is 0 Å². The molecule has 0 saturated heterocycles. The van der Waals surface area contributed by atoms with Gasteiger partial charge in [-0.1, -0.05) is 39.7 Å². The van der Waals surface area contributed by atoms with Crippen molar-refractivity contribution in [1.82, 2.24) is 4.98 Å². The second-order valence-corrected chi connectivity index (χ2v) is 4.01. The van der Waals surface area contributed by atoms with Gasteiger partial charge in [-0.3, -0.25) is 0 Å². The van der Waals surface area contributed by atoms with E-state index in [1.807, 2.05) is 24.3 Å². The molecule has 0 aliphatic heterocycles. The molecule has 1 aromatic carbocycles. The Balaban J connectivity index is 2.83. The highest BCUT2D eigenvalue weighted by atomic mass is 79.9. The number of pyridine rings is 1. The van der Waals surface area contributed by atoms with Gasteiger partial charge in [0.15, 0.2) is 0 Å². The van der Waals surface area contributed by atoms with E-state index in [2.05, 4.69) is 20.9 Å². The molecule has 0 fully saturated rings. The summed E-state index contributed by atoms with van der Waals surface area (Å²) in [7, 11) is 1.57. The third-order valence-electron chi connectivity index (χ3n) is 1.95. The molecule has 0 amide bonds. The van der Waals surface area contributed by atoms with E-state index >= 15 is 0 Å². The highest BCUT2D eigenvalue weighted by molar-refractivity contribution is 9.10. The predicted octanol–water partition coefficient (Wildman–Crippen LogP) is 3.66. The SMILES string of the molecule is COc1cc2cccc(Br)c2c(Cl)n1. The maximum atomic E-state index is 6.03. The van der Waals surface area contributed by atoms with Gasteiger partial charge in [-0.15, -0.1) is 0 Å². The van der Waals surface area contributed by atoms with E-state index in [4.69, 9.17) is 16.3 Å². The summed E-state index contributed by atoms with van der Waals surface area (Å²) in [5, 5.41) is 2.37. The molecule has 2 nitrogen and oxygen atoms in total. The second-order valence-electron chi connectivity index (χ2n) is 2.79. The zero-order valence-electron chi connectivity index (χ0n) is 7.42. The van der Waals surface area contributed by atoms with Crippen LogP contribution in [0.25, 0.3) is 10.8 Å². The molecule has 0 bridgehead atoms. The van der Waals surface area contributed by atoms with Gasteiger partial charge in [-0.05, 0) is 11.5 Å². The van der Waals surface area contributed by atoms with Gasteiger partial charge in [0.2, 0.25) is 5.88 Å². The van der Waals surface area contributed by atoms with Gasteiger partial charge in [-0.25, -0.2) is 4.98 Å². The summed E-state index contributed by atoms with van der Waals surface area (Å²) in [5.74, 6) is 0.528. The Kier molecular flexibility index (Phi) is 2.61. The van der Waals surface area contributed by atoms with Gasteiger partial charge in [0.25, 0.3) is 0 Å². The molecule has 2 aromatic rings. The Bertz CT molecular complexity index is 487. The minimum atomic E-state index is 0.451. The molecule has 0 spiro atoms. The van der Waals surface area contributed by atoms with Crippen molar-refractivity contribution in [2.75, 3.05) is 7.11 Å². The molecule has 14 heavy (non-hydrogen) atoms. The molecule has 0 N–H and O–H groups in total. The summed E-state index contributed by atoms with van der Waals surface area (Å²) in [6.07, 6.45) is 0. The fourth-order valence-corrected chi connectivity index (χ4v) is 2.28. The van der Waals surface area contributed by atoms with Crippen LogP contribution in [0.3, 0.4) is 0 Å². The van der Waals surface area contributed by atoms with Crippen LogP contribution in [-0.2, 0) is 0 Å². The van der Waals surface area contributed by atoms with Crippen LogP contribution in [0, 0.1) is 0 Å². The van der Waals surface area contributed by atoms with E-state index in [1.54, 1.807) is 7.11 Å². The molecule has 2 rings (SSSR count). The van der Waals surface area contributed by atoms with Crippen LogP contribution >= 0.6 is 27.5 Å². The van der Waals surface area contributed by atoms with Gasteiger partial charge in [0.05, 0.1) is 7.11 Å². The molecular formula is C10H7BrClNO. The van der Waals surface area contributed by atoms with Crippen LogP contribution in [0.5, 0.6) is 5.88 Å². The van der Waals surface area contributed by atoms with E-state index in [9.17, 15) is 0 Å². The first-order chi connectivity index (χ1) is 6.72. The van der Waals surface area contributed by atoms with Crippen LogP contribution in [0.4, 0.5) is 0 Å². The third-order valence-corrected chi connectivity index (χ3v) is 2.88. The largest absolute Gasteiger partial charge is 0.481 e. The Morgan fingerprint density at radius 3 is 2.93 bits per heavy atom. The Hall–Kier alpha value is -0.800. The number of hydrogen-bond acceptors (Lipinski definition) is 2. The lowest BCUT2D eigenvalue weighted by molar-refractivity contribution is 0.399. The lowest BCUT2D eigenvalue weighted by Crippen LogP contribution is -1.89. The monoisotopic (exact) mass is 271 g/mol. The van der Waals surface area contributed by atoms with Crippen LogP contribution in [0.15, 0.2) is 28.7 Å². The quantitative estimate of drug-likeness (QED) is 0.739. The smallest absolute Gasteiger partial charge is 0.214 e. The predicted molar refractivity (Wildman–Crippen MR) is 61.0 cm³/mol. The maximum Gasteiger partial charge on any atom is 0.214 e. The molecule has 0 atom stereocenters. The average molecular weight is 273 g/mol. The summed E-state index contributed by atoms with van der Waals surface area (Å²) >= 11 is 9.45. The number of ether oxygens (including phenoxy) is 1. The van der Waals surface area contributed by atoms with Crippen LogP contribution < -0.4 is 4.74 Å². The van der Waals surface area contributed by atoms with Crippen molar-refractivity contribution in [2.24, 2.45) is 0 Å². The number of benzene rings is 1. The van der Waals surface area contributed by atoms with Crippen molar-refractivity contribution < 1.29 is 4.74 Å². The molecule has 0 unspecified atom stereocenters. The van der Waals surface area contributed by atoms with Gasteiger partial charge in [0, 0.05) is 15.9 Å². The standard InChI is InChI=1S/C10H7BrClNO/c1-14-8-5-6-3-2-4-7(11)9(6)10(12)13-8/h2-5H,1H3. The summed E-state index contributed by atoms with van der Waals surface area (Å²) in [5.41, 5.74) is 0. The first kappa shape index (κ1) is 9.74. The van der Waals surface area contributed by atoms with Gasteiger partial charge in [-0.2, -0.15) is 0 Å². The van der Waals surface area contributed by atoms with Crippen LogP contribution in [0.2, 0.25) is 5.15 Å². The first-order valence-corrected chi connectivity index (χ1v) is 5.18. The maximum absolute atomic E-state index is 6.03. The zero-order chi connectivity index (χ0) is 10.1. The van der Waals surface area contributed by atoms with Crippen molar-refractivity contribution in [1.29, 1.82) is 0 Å². The Labute approximate surface area is 95.0 Å². The first-order valence-electron chi connectivity index (χ1n) is 4.01. The number of rotatable bonds is 1. The van der Waals surface area contributed by atoms with Gasteiger partial charge in [0.1, 0.15) is 5.15 Å². The fraction of sp³-hybridized carbons (Fsp3) is 0.100.